The van der Waals surface area contributed by atoms with Crippen LogP contribution >= 0.6 is 0 Å². The molecule has 10 nitrogen and oxygen atoms in total. The van der Waals surface area contributed by atoms with Crippen molar-refractivity contribution in [1.29, 1.82) is 0 Å². The molecule has 10 heteroatoms. The number of rotatable bonds is 14. The normalized spacial score (nSPS) is 20.5. The Morgan fingerprint density at radius 2 is 1.36 bits per heavy atom. The van der Waals surface area contributed by atoms with Gasteiger partial charge in [-0.25, -0.2) is 9.59 Å². The molecule has 0 radical (unpaired) electrons. The lowest BCUT2D eigenvalue weighted by Gasteiger charge is -2.44. The number of methoxy groups -OCH3 is 1. The van der Waals surface area contributed by atoms with Gasteiger partial charge in [0.05, 0.1) is 25.9 Å². The Morgan fingerprint density at radius 3 is 2.03 bits per heavy atom. The molecule has 0 aliphatic carbocycles. The predicted octanol–water partition coefficient (Wildman–Crippen LogP) is 7.04. The number of nitrogens with zero attached hydrogens (tertiary/aromatic N) is 2. The maximum absolute atomic E-state index is 13.0. The van der Waals surface area contributed by atoms with Crippen LogP contribution in [0.15, 0.2) is 133 Å². The number of piperazine rings is 1. The van der Waals surface area contributed by atoms with E-state index >= 15 is 0 Å². The molecule has 7 rings (SSSR count). The van der Waals surface area contributed by atoms with Crippen molar-refractivity contribution in [2.24, 2.45) is 5.92 Å². The van der Waals surface area contributed by atoms with E-state index in [0.29, 0.717) is 6.42 Å². The number of hydrogen-bond acceptors (Lipinski definition) is 8. The molecule has 302 valence electrons. The van der Waals surface area contributed by atoms with Crippen LogP contribution in [0.5, 0.6) is 0 Å². The predicted molar refractivity (Wildman–Crippen MR) is 224 cm³/mol. The standard InChI is InChI=1S/C48H54N4O6/c1-34-44(32-52-27-25-51(26-28-52)31-36-13-7-4-8-14-36)57-47(58-45(34)39-19-17-37(33-53)18-20-39)40-23-21-38(22-24-40)42-16-10-9-15-41(42)30-49-48(55)50-43(46(54)56-2)29-35-11-5-3-6-12-35/h3-24,34,43-45,47,53H,25-33H2,1-2H3,(H2,49,50,55)/t34-,43-,44+,45+,47+/m0/s1. The quantitative estimate of drug-likeness (QED) is 0.103. The number of hydrogen-bond donors (Lipinski definition) is 3. The van der Waals surface area contributed by atoms with Crippen LogP contribution in [-0.4, -0.2) is 78.9 Å². The SMILES string of the molecule is COC(=O)[C@H](Cc1ccccc1)NC(=O)NCc1ccccc1-c1ccc([C@@H]2O[C@H](CN3CCN(Cc4ccccc4)CC3)[C@H](C)[C@H](c3ccc(CO)cc3)O2)cc1. The number of urea groups is 1. The fourth-order valence-corrected chi connectivity index (χ4v) is 7.90. The largest absolute Gasteiger partial charge is 0.467 e. The van der Waals surface area contributed by atoms with E-state index in [1.54, 1.807) is 0 Å². The van der Waals surface area contributed by atoms with Crippen molar-refractivity contribution < 1.29 is 28.9 Å². The van der Waals surface area contributed by atoms with Gasteiger partial charge in [-0.05, 0) is 38.9 Å². The maximum Gasteiger partial charge on any atom is 0.328 e. The lowest BCUT2D eigenvalue weighted by Crippen LogP contribution is -2.51. The molecule has 5 aromatic rings. The summed E-state index contributed by atoms with van der Waals surface area (Å²) in [7, 11) is 1.32. The minimum atomic E-state index is -0.823. The number of amides is 2. The van der Waals surface area contributed by atoms with Gasteiger partial charge in [0.1, 0.15) is 6.04 Å². The van der Waals surface area contributed by atoms with Gasteiger partial charge in [0, 0.05) is 63.7 Å². The Bertz CT molecular complexity index is 2060. The highest BCUT2D eigenvalue weighted by Crippen LogP contribution is 2.42. The average Bonchev–Trinajstić information content (AvgIpc) is 3.27. The van der Waals surface area contributed by atoms with Crippen LogP contribution in [0.2, 0.25) is 0 Å². The second-order valence-corrected chi connectivity index (χ2v) is 15.3. The summed E-state index contributed by atoms with van der Waals surface area (Å²) in [6.07, 6.45) is -0.511. The van der Waals surface area contributed by atoms with E-state index in [-0.39, 0.29) is 31.3 Å². The van der Waals surface area contributed by atoms with Crippen LogP contribution in [-0.2, 0) is 45.1 Å². The zero-order chi connectivity index (χ0) is 40.3. The van der Waals surface area contributed by atoms with Crippen molar-refractivity contribution >= 4 is 12.0 Å². The van der Waals surface area contributed by atoms with E-state index < -0.39 is 24.3 Å². The van der Waals surface area contributed by atoms with Gasteiger partial charge < -0.3 is 30.0 Å². The van der Waals surface area contributed by atoms with Gasteiger partial charge in [-0.2, -0.15) is 0 Å². The molecule has 2 fully saturated rings. The van der Waals surface area contributed by atoms with E-state index in [1.165, 1.54) is 12.7 Å². The molecule has 2 aliphatic heterocycles. The van der Waals surface area contributed by atoms with E-state index in [0.717, 1.165) is 78.2 Å². The molecule has 0 saturated carbocycles. The second kappa shape index (κ2) is 19.9. The number of ether oxygens (including phenoxy) is 3. The van der Waals surface area contributed by atoms with E-state index in [2.05, 4.69) is 94.1 Å². The van der Waals surface area contributed by atoms with Crippen molar-refractivity contribution in [2.45, 2.75) is 57.6 Å². The van der Waals surface area contributed by atoms with Crippen molar-refractivity contribution in [3.63, 3.8) is 0 Å². The molecule has 3 N–H and O–H groups in total. The highest BCUT2D eigenvalue weighted by Gasteiger charge is 2.39. The number of nitrogens with one attached hydrogen (secondary N) is 2. The zero-order valence-corrected chi connectivity index (χ0v) is 33.3. The molecule has 0 aromatic heterocycles. The molecule has 2 saturated heterocycles. The third-order valence-electron chi connectivity index (χ3n) is 11.3. The zero-order valence-electron chi connectivity index (χ0n) is 33.3. The second-order valence-electron chi connectivity index (χ2n) is 15.3. The lowest BCUT2D eigenvalue weighted by atomic mass is 9.89. The van der Waals surface area contributed by atoms with Crippen LogP contribution in [0.1, 0.15) is 52.7 Å². The highest BCUT2D eigenvalue weighted by molar-refractivity contribution is 5.84. The first-order valence-corrected chi connectivity index (χ1v) is 20.2. The summed E-state index contributed by atoms with van der Waals surface area (Å²) < 4.78 is 18.6. The molecule has 0 unspecified atom stereocenters. The third-order valence-corrected chi connectivity index (χ3v) is 11.3. The van der Waals surface area contributed by atoms with Gasteiger partial charge >= 0.3 is 12.0 Å². The fraction of sp³-hybridized carbons (Fsp3) is 0.333. The molecule has 58 heavy (non-hydrogen) atoms. The van der Waals surface area contributed by atoms with Crippen LogP contribution in [0.25, 0.3) is 11.1 Å². The minimum absolute atomic E-state index is 0.00464. The first kappa shape index (κ1) is 40.8. The van der Waals surface area contributed by atoms with Gasteiger partial charge in [0.15, 0.2) is 6.29 Å². The van der Waals surface area contributed by atoms with Gasteiger partial charge in [-0.15, -0.1) is 0 Å². The Hall–Kier alpha value is -5.36. The minimum Gasteiger partial charge on any atom is -0.467 e. The molecule has 2 amide bonds. The molecule has 2 aliphatic rings. The van der Waals surface area contributed by atoms with Crippen LogP contribution in [0.4, 0.5) is 4.79 Å². The highest BCUT2D eigenvalue weighted by atomic mass is 16.7. The average molecular weight is 783 g/mol. The Morgan fingerprint density at radius 1 is 0.741 bits per heavy atom. The Labute approximate surface area is 341 Å². The monoisotopic (exact) mass is 782 g/mol. The number of aliphatic hydroxyl groups is 1. The smallest absolute Gasteiger partial charge is 0.328 e. The van der Waals surface area contributed by atoms with Gasteiger partial charge in [0.25, 0.3) is 0 Å². The number of esters is 1. The van der Waals surface area contributed by atoms with Crippen molar-refractivity contribution in [2.75, 3.05) is 39.8 Å². The van der Waals surface area contributed by atoms with Crippen LogP contribution in [0.3, 0.4) is 0 Å². The Balaban J connectivity index is 1.02. The molecule has 2 heterocycles. The molecular weight excluding hydrogens is 729 g/mol. The molecule has 0 bridgehead atoms. The Kier molecular flexibility index (Phi) is 14.0. The first-order valence-electron chi connectivity index (χ1n) is 20.2. The number of benzene rings is 5. The first-order chi connectivity index (χ1) is 28.4. The van der Waals surface area contributed by atoms with Gasteiger partial charge in [-0.3, -0.25) is 9.80 Å². The summed E-state index contributed by atoms with van der Waals surface area (Å²) in [6, 6.07) is 43.1. The summed E-state index contributed by atoms with van der Waals surface area (Å²) in [5.74, 6) is -0.412. The van der Waals surface area contributed by atoms with Gasteiger partial charge in [0.2, 0.25) is 0 Å². The number of aliphatic hydroxyl groups excluding tert-OH is 1. The molecule has 5 atom stereocenters. The third kappa shape index (κ3) is 10.6. The summed E-state index contributed by atoms with van der Waals surface area (Å²) in [5.41, 5.74) is 8.01. The fourth-order valence-electron chi connectivity index (χ4n) is 7.90. The number of carbonyl (C=O) groups is 2. The summed E-state index contributed by atoms with van der Waals surface area (Å²) in [4.78, 5) is 30.6. The van der Waals surface area contributed by atoms with Crippen molar-refractivity contribution in [3.05, 3.63) is 167 Å². The molecule has 0 spiro atoms. The van der Waals surface area contributed by atoms with E-state index in [4.69, 9.17) is 14.2 Å². The van der Waals surface area contributed by atoms with Gasteiger partial charge in [-0.1, -0.05) is 140 Å². The van der Waals surface area contributed by atoms with Crippen LogP contribution in [0, 0.1) is 5.92 Å². The molecular formula is C48H54N4O6. The topological polar surface area (TPSA) is 113 Å². The van der Waals surface area contributed by atoms with Crippen molar-refractivity contribution in [1.82, 2.24) is 20.4 Å². The maximum atomic E-state index is 13.0. The molecule has 5 aromatic carbocycles. The van der Waals surface area contributed by atoms with Crippen LogP contribution < -0.4 is 10.6 Å². The summed E-state index contributed by atoms with van der Waals surface area (Å²) in [6.45, 7) is 8.21. The number of carbonyl (C=O) groups excluding carboxylic acids is 2. The van der Waals surface area contributed by atoms with E-state index in [9.17, 15) is 14.7 Å². The lowest BCUT2D eigenvalue weighted by molar-refractivity contribution is -0.276. The van der Waals surface area contributed by atoms with Crippen molar-refractivity contribution in [3.8, 4) is 11.1 Å². The summed E-state index contributed by atoms with van der Waals surface area (Å²) >= 11 is 0. The summed E-state index contributed by atoms with van der Waals surface area (Å²) in [5, 5.41) is 15.4. The van der Waals surface area contributed by atoms with E-state index in [1.807, 2.05) is 66.7 Å².